The Morgan fingerprint density at radius 2 is 0.736 bits per heavy atom. The molecular weight excluding hydrogens is 647 g/mol. The molecule has 4 heterocycles. The fraction of sp³-hybridized carbons (Fsp3) is 0. The molecule has 0 atom stereocenters. The van der Waals surface area contributed by atoms with Gasteiger partial charge in [-0.2, -0.15) is 0 Å². The number of fused-ring (bicyclic) bond motifs is 10. The van der Waals surface area contributed by atoms with Crippen molar-refractivity contribution in [3.8, 4) is 45.5 Å². The van der Waals surface area contributed by atoms with E-state index in [1.54, 1.807) is 0 Å². The van der Waals surface area contributed by atoms with Crippen LogP contribution >= 0.6 is 0 Å². The number of benzene rings is 8. The molecule has 10 aromatic rings. The van der Waals surface area contributed by atoms with Crippen LogP contribution in [0.3, 0.4) is 0 Å². The van der Waals surface area contributed by atoms with Crippen LogP contribution in [0.25, 0.3) is 66.1 Å². The van der Waals surface area contributed by atoms with Gasteiger partial charge in [0.2, 0.25) is 0 Å². The maximum Gasteiger partial charge on any atom is 0.260 e. The van der Waals surface area contributed by atoms with Gasteiger partial charge in [-0.05, 0) is 70.6 Å². The van der Waals surface area contributed by atoms with Crippen molar-refractivity contribution in [1.82, 2.24) is 9.13 Å². The van der Waals surface area contributed by atoms with Crippen molar-refractivity contribution in [1.29, 1.82) is 0 Å². The Kier molecular flexibility index (Phi) is 5.83. The Hall–Kier alpha value is -6.98. The maximum absolute atomic E-state index is 6.95. The highest BCUT2D eigenvalue weighted by molar-refractivity contribution is 6.98. The number of rotatable bonds is 3. The summed E-state index contributed by atoms with van der Waals surface area (Å²) in [6.07, 6.45) is 0. The highest BCUT2D eigenvalue weighted by atomic mass is 16.5. The van der Waals surface area contributed by atoms with E-state index in [0.29, 0.717) is 0 Å². The molecule has 0 fully saturated rings. The van der Waals surface area contributed by atoms with Crippen molar-refractivity contribution in [3.05, 3.63) is 176 Å². The van der Waals surface area contributed by atoms with Crippen molar-refractivity contribution in [2.24, 2.45) is 0 Å². The third-order valence-electron chi connectivity index (χ3n) is 11.2. The third-order valence-corrected chi connectivity index (χ3v) is 11.2. The molecule has 0 saturated heterocycles. The lowest BCUT2D eigenvalue weighted by molar-refractivity contribution is 0.465. The third kappa shape index (κ3) is 4.07. The Balaban J connectivity index is 1.08. The first-order chi connectivity index (χ1) is 26.3. The summed E-state index contributed by atoms with van der Waals surface area (Å²) in [5.74, 6) is 3.38. The van der Waals surface area contributed by atoms with Gasteiger partial charge in [-0.25, -0.2) is 0 Å². The topological polar surface area (TPSA) is 28.3 Å². The molecule has 4 nitrogen and oxygen atoms in total. The smallest absolute Gasteiger partial charge is 0.260 e. The average molecular weight is 677 g/mol. The van der Waals surface area contributed by atoms with Gasteiger partial charge in [0.25, 0.3) is 6.71 Å². The molecule has 2 aromatic heterocycles. The van der Waals surface area contributed by atoms with Gasteiger partial charge in [0.1, 0.15) is 23.0 Å². The summed E-state index contributed by atoms with van der Waals surface area (Å²) < 4.78 is 18.6. The Bertz CT molecular complexity index is 2840. The van der Waals surface area contributed by atoms with Crippen molar-refractivity contribution in [2.75, 3.05) is 0 Å². The lowest BCUT2D eigenvalue weighted by atomic mass is 9.35. The molecule has 12 rings (SSSR count). The van der Waals surface area contributed by atoms with Gasteiger partial charge in [0, 0.05) is 50.5 Å². The number of ether oxygens (including phenoxy) is 2. The molecule has 0 aliphatic carbocycles. The first-order valence-corrected chi connectivity index (χ1v) is 18.1. The fourth-order valence-corrected chi connectivity index (χ4v) is 8.95. The summed E-state index contributed by atoms with van der Waals surface area (Å²) in [5.41, 5.74) is 12.3. The molecule has 0 saturated carbocycles. The molecule has 0 N–H and O–H groups in total. The normalized spacial score (nSPS) is 12.8. The van der Waals surface area contributed by atoms with Gasteiger partial charge in [0.15, 0.2) is 0 Å². The zero-order valence-corrected chi connectivity index (χ0v) is 28.5. The van der Waals surface area contributed by atoms with Crippen molar-refractivity contribution < 1.29 is 9.47 Å². The molecule has 8 aromatic carbocycles. The molecule has 0 radical (unpaired) electrons. The van der Waals surface area contributed by atoms with E-state index >= 15 is 0 Å². The van der Waals surface area contributed by atoms with E-state index in [-0.39, 0.29) is 6.71 Å². The highest BCUT2D eigenvalue weighted by Gasteiger charge is 2.41. The number of para-hydroxylation sites is 4. The lowest BCUT2D eigenvalue weighted by Gasteiger charge is -2.34. The van der Waals surface area contributed by atoms with Gasteiger partial charge in [-0.3, -0.25) is 0 Å². The molecule has 0 bridgehead atoms. The summed E-state index contributed by atoms with van der Waals surface area (Å²) >= 11 is 0. The highest BCUT2D eigenvalue weighted by Crippen LogP contribution is 2.41. The largest absolute Gasteiger partial charge is 0.458 e. The molecule has 53 heavy (non-hydrogen) atoms. The predicted octanol–water partition coefficient (Wildman–Crippen LogP) is 10.3. The zero-order valence-electron chi connectivity index (χ0n) is 28.5. The first kappa shape index (κ1) is 28.7. The standard InChI is InChI=1S/C48H29BN2O2/c1-2-12-30(13-3-1)31-26-46-48-47(27-31)53-45-29-33(51-42-20-10-6-16-36(42)37-17-7-11-21-43(37)51)23-25-39(45)49(48)38-24-22-32(28-44(38)52-46)50-40-18-8-4-14-34(40)35-15-5-9-19-41(35)50/h1-29H. The second-order valence-corrected chi connectivity index (χ2v) is 14.1. The number of hydrogen-bond acceptors (Lipinski definition) is 2. The van der Waals surface area contributed by atoms with Crippen molar-refractivity contribution >= 4 is 66.7 Å². The van der Waals surface area contributed by atoms with Crippen LogP contribution in [0.5, 0.6) is 23.0 Å². The van der Waals surface area contributed by atoms with Crippen LogP contribution in [0.4, 0.5) is 0 Å². The van der Waals surface area contributed by atoms with E-state index in [0.717, 1.165) is 61.9 Å². The monoisotopic (exact) mass is 676 g/mol. The van der Waals surface area contributed by atoms with E-state index < -0.39 is 0 Å². The quantitative estimate of drug-likeness (QED) is 0.174. The SMILES string of the molecule is c1ccc(-c2cc3c4c(c2)Oc2cc(-n5c6ccccc6c6ccccc65)ccc2B4c2ccc(-n4c5ccccc5c5ccccc54)cc2O3)cc1. The fourth-order valence-electron chi connectivity index (χ4n) is 8.95. The second kappa shape index (κ2) is 10.8. The molecule has 0 amide bonds. The van der Waals surface area contributed by atoms with E-state index in [1.165, 1.54) is 43.6 Å². The molecule has 246 valence electrons. The summed E-state index contributed by atoms with van der Waals surface area (Å²) in [6.45, 7) is -0.0586. The lowest BCUT2D eigenvalue weighted by Crippen LogP contribution is -2.57. The second-order valence-electron chi connectivity index (χ2n) is 14.1. The van der Waals surface area contributed by atoms with Crippen LogP contribution in [-0.4, -0.2) is 15.8 Å². The summed E-state index contributed by atoms with van der Waals surface area (Å²) in [7, 11) is 0. The van der Waals surface area contributed by atoms with E-state index in [2.05, 4.69) is 179 Å². The van der Waals surface area contributed by atoms with Gasteiger partial charge in [0.05, 0.1) is 22.1 Å². The molecule has 2 aliphatic heterocycles. The number of hydrogen-bond donors (Lipinski definition) is 0. The number of nitrogens with zero attached hydrogens (tertiary/aromatic N) is 2. The molecule has 2 aliphatic rings. The molecule has 0 unspecified atom stereocenters. The molecule has 0 spiro atoms. The van der Waals surface area contributed by atoms with E-state index in [9.17, 15) is 0 Å². The minimum atomic E-state index is -0.0586. The van der Waals surface area contributed by atoms with Crippen LogP contribution < -0.4 is 25.9 Å². The first-order valence-electron chi connectivity index (χ1n) is 18.1. The van der Waals surface area contributed by atoms with Crippen LogP contribution in [0.2, 0.25) is 0 Å². The van der Waals surface area contributed by atoms with Crippen LogP contribution in [0.1, 0.15) is 0 Å². The van der Waals surface area contributed by atoms with E-state index in [1.807, 2.05) is 6.07 Å². The number of aromatic nitrogens is 2. The summed E-state index contributed by atoms with van der Waals surface area (Å²) in [5, 5.41) is 4.95. The predicted molar refractivity (Wildman–Crippen MR) is 218 cm³/mol. The van der Waals surface area contributed by atoms with E-state index in [4.69, 9.17) is 9.47 Å². The van der Waals surface area contributed by atoms with Gasteiger partial charge >= 0.3 is 0 Å². The minimum absolute atomic E-state index is 0.0586. The van der Waals surface area contributed by atoms with Gasteiger partial charge < -0.3 is 18.6 Å². The zero-order chi connectivity index (χ0) is 34.6. The van der Waals surface area contributed by atoms with Crippen molar-refractivity contribution in [2.45, 2.75) is 0 Å². The summed E-state index contributed by atoms with van der Waals surface area (Å²) in [4.78, 5) is 0. The summed E-state index contributed by atoms with van der Waals surface area (Å²) in [6, 6.07) is 62.8. The minimum Gasteiger partial charge on any atom is -0.458 e. The Morgan fingerprint density at radius 3 is 1.17 bits per heavy atom. The van der Waals surface area contributed by atoms with Crippen LogP contribution in [-0.2, 0) is 0 Å². The van der Waals surface area contributed by atoms with Gasteiger partial charge in [-0.15, -0.1) is 0 Å². The maximum atomic E-state index is 6.95. The van der Waals surface area contributed by atoms with Crippen LogP contribution in [0.15, 0.2) is 176 Å². The Morgan fingerprint density at radius 1 is 0.340 bits per heavy atom. The van der Waals surface area contributed by atoms with Crippen molar-refractivity contribution in [3.63, 3.8) is 0 Å². The van der Waals surface area contributed by atoms with Crippen LogP contribution in [0, 0.1) is 0 Å². The van der Waals surface area contributed by atoms with Gasteiger partial charge in [-0.1, -0.05) is 115 Å². The molecular formula is C48H29BN2O2. The Labute approximate surface area is 305 Å². The molecule has 5 heteroatoms. The average Bonchev–Trinajstić information content (AvgIpc) is 3.74.